The summed E-state index contributed by atoms with van der Waals surface area (Å²) in [7, 11) is 0. The Morgan fingerprint density at radius 3 is 2.44 bits per heavy atom. The zero-order valence-electron chi connectivity index (χ0n) is 26.0. The van der Waals surface area contributed by atoms with Crippen LogP contribution in [0.15, 0.2) is 65.7 Å². The second-order valence-electron chi connectivity index (χ2n) is 11.4. The SMILES string of the molecule is O=C(Cc1ccc(Oc2ncnc3cc4c(cc23)OCCOCCOCCO4)c(Cl)c1)c1c2n(n(-c3ccccc3F)c1=O)CCCC2. The minimum Gasteiger partial charge on any atom is -0.487 e. The molecular weight excluding hydrogens is 643 g/mol. The lowest BCUT2D eigenvalue weighted by Gasteiger charge is -2.19. The Morgan fingerprint density at radius 2 is 1.67 bits per heavy atom. The molecule has 0 unspecified atom stereocenters. The Bertz CT molecular complexity index is 2050. The molecule has 11 nitrogen and oxygen atoms in total. The van der Waals surface area contributed by atoms with Crippen molar-refractivity contribution in [3.8, 4) is 28.8 Å². The first-order valence-electron chi connectivity index (χ1n) is 15.8. The van der Waals surface area contributed by atoms with E-state index >= 15 is 0 Å². The van der Waals surface area contributed by atoms with Crippen molar-refractivity contribution in [3.05, 3.63) is 98.9 Å². The van der Waals surface area contributed by atoms with Gasteiger partial charge in [0.2, 0.25) is 5.88 Å². The topological polar surface area (TPSA) is 116 Å². The van der Waals surface area contributed by atoms with E-state index in [1.54, 1.807) is 53.2 Å². The Hall–Kier alpha value is -4.78. The van der Waals surface area contributed by atoms with Gasteiger partial charge in [0, 0.05) is 19.0 Å². The van der Waals surface area contributed by atoms with E-state index in [2.05, 4.69) is 9.97 Å². The van der Waals surface area contributed by atoms with Gasteiger partial charge < -0.3 is 23.7 Å². The molecule has 0 amide bonds. The number of para-hydroxylation sites is 1. The molecule has 0 saturated carbocycles. The van der Waals surface area contributed by atoms with Crippen LogP contribution in [0.25, 0.3) is 16.6 Å². The number of fused-ring (bicyclic) bond motifs is 3. The van der Waals surface area contributed by atoms with Crippen molar-refractivity contribution in [1.29, 1.82) is 0 Å². The Labute approximate surface area is 279 Å². The summed E-state index contributed by atoms with van der Waals surface area (Å²) in [4.78, 5) is 36.0. The Balaban J connectivity index is 1.14. The minimum atomic E-state index is -0.531. The van der Waals surface area contributed by atoms with Crippen molar-refractivity contribution in [2.75, 3.05) is 39.6 Å². The number of nitrogens with zero attached hydrogens (tertiary/aromatic N) is 4. The number of Topliss-reactive ketones (excluding diaryl/α,β-unsaturated/α-hetero) is 1. The van der Waals surface area contributed by atoms with Gasteiger partial charge in [0.05, 0.1) is 48.0 Å². The molecule has 248 valence electrons. The van der Waals surface area contributed by atoms with E-state index in [9.17, 15) is 14.0 Å². The molecule has 4 heterocycles. The third kappa shape index (κ3) is 6.51. The van der Waals surface area contributed by atoms with Crippen LogP contribution in [-0.2, 0) is 28.9 Å². The summed E-state index contributed by atoms with van der Waals surface area (Å²) in [6.07, 6.45) is 3.53. The van der Waals surface area contributed by atoms with E-state index in [1.165, 1.54) is 17.1 Å². The molecular formula is C35H32ClFN4O7. The number of aromatic nitrogens is 4. The van der Waals surface area contributed by atoms with Gasteiger partial charge in [0.25, 0.3) is 5.56 Å². The van der Waals surface area contributed by atoms with Crippen LogP contribution in [0.2, 0.25) is 5.02 Å². The maximum atomic E-state index is 14.8. The van der Waals surface area contributed by atoms with Gasteiger partial charge in [-0.2, -0.15) is 0 Å². The van der Waals surface area contributed by atoms with Gasteiger partial charge in [-0.3, -0.25) is 14.3 Å². The van der Waals surface area contributed by atoms with E-state index in [0.29, 0.717) is 92.0 Å². The number of hydrogen-bond donors (Lipinski definition) is 0. The third-order valence-corrected chi connectivity index (χ3v) is 8.51. The predicted octanol–water partition coefficient (Wildman–Crippen LogP) is 5.73. The standard InChI is InChI=1S/C35H32ClFN4O7/c36-24-17-22(18-29(42)33-28-7-3-4-10-40(28)41(35(33)43)27-6-2-1-5-25(27)37)8-9-30(24)48-34-23-19-31-32(20-26(23)38-21-39-34)47-16-14-45-12-11-44-13-15-46-31/h1-2,5-6,8-9,17,19-21H,3-4,7,10-16,18H2. The van der Waals surface area contributed by atoms with E-state index in [1.807, 2.05) is 0 Å². The number of hydrogen-bond acceptors (Lipinski definition) is 9. The second kappa shape index (κ2) is 14.1. The van der Waals surface area contributed by atoms with Gasteiger partial charge in [-0.05, 0) is 55.2 Å². The fraction of sp³-hybridized carbons (Fsp3) is 0.314. The van der Waals surface area contributed by atoms with Crippen molar-refractivity contribution >= 4 is 28.3 Å². The summed E-state index contributed by atoms with van der Waals surface area (Å²) in [6, 6.07) is 14.6. The van der Waals surface area contributed by atoms with E-state index in [-0.39, 0.29) is 34.4 Å². The number of halogens is 2. The first-order chi connectivity index (χ1) is 23.5. The molecule has 0 fully saturated rings. The molecule has 0 bridgehead atoms. The first kappa shape index (κ1) is 31.8. The summed E-state index contributed by atoms with van der Waals surface area (Å²) in [6.45, 7) is 2.89. The fourth-order valence-corrected chi connectivity index (χ4v) is 6.22. The second-order valence-corrected chi connectivity index (χ2v) is 11.8. The summed E-state index contributed by atoms with van der Waals surface area (Å²) >= 11 is 6.66. The molecule has 0 N–H and O–H groups in total. The molecule has 7 rings (SSSR count). The number of benzene rings is 3. The highest BCUT2D eigenvalue weighted by atomic mass is 35.5. The lowest BCUT2D eigenvalue weighted by molar-refractivity contribution is 0.0224. The van der Waals surface area contributed by atoms with Crippen LogP contribution in [0.1, 0.15) is 34.5 Å². The highest BCUT2D eigenvalue weighted by Gasteiger charge is 2.28. The van der Waals surface area contributed by atoms with Gasteiger partial charge in [0.1, 0.15) is 42.4 Å². The summed E-state index contributed by atoms with van der Waals surface area (Å²) < 4.78 is 46.8. The molecule has 2 aliphatic heterocycles. The third-order valence-electron chi connectivity index (χ3n) is 8.22. The lowest BCUT2D eigenvalue weighted by Crippen LogP contribution is -2.25. The van der Waals surface area contributed by atoms with Crippen LogP contribution in [0.3, 0.4) is 0 Å². The number of ether oxygens (including phenoxy) is 5. The van der Waals surface area contributed by atoms with Gasteiger partial charge in [0.15, 0.2) is 17.3 Å². The van der Waals surface area contributed by atoms with Gasteiger partial charge in [-0.1, -0.05) is 29.8 Å². The highest BCUT2D eigenvalue weighted by Crippen LogP contribution is 2.38. The molecule has 2 aliphatic rings. The molecule has 0 radical (unpaired) electrons. The normalized spacial score (nSPS) is 15.3. The maximum absolute atomic E-state index is 14.8. The summed E-state index contributed by atoms with van der Waals surface area (Å²) in [5.74, 6) is 0.655. The fourth-order valence-electron chi connectivity index (χ4n) is 5.98. The average molecular weight is 675 g/mol. The van der Waals surface area contributed by atoms with Crippen LogP contribution in [0.4, 0.5) is 4.39 Å². The molecule has 5 aromatic rings. The maximum Gasteiger partial charge on any atom is 0.282 e. The van der Waals surface area contributed by atoms with Crippen LogP contribution >= 0.6 is 11.6 Å². The van der Waals surface area contributed by atoms with Crippen molar-refractivity contribution in [3.63, 3.8) is 0 Å². The molecule has 0 aliphatic carbocycles. The first-order valence-corrected chi connectivity index (χ1v) is 16.1. The number of carbonyl (C=O) groups is 1. The average Bonchev–Trinajstić information content (AvgIpc) is 3.37. The number of carbonyl (C=O) groups excluding carboxylic acids is 1. The van der Waals surface area contributed by atoms with Gasteiger partial charge in [-0.15, -0.1) is 0 Å². The van der Waals surface area contributed by atoms with Crippen molar-refractivity contribution in [2.24, 2.45) is 0 Å². The molecule has 0 spiro atoms. The summed E-state index contributed by atoms with van der Waals surface area (Å²) in [5, 5.41) is 0.821. The minimum absolute atomic E-state index is 0.0712. The van der Waals surface area contributed by atoms with E-state index in [0.717, 1.165) is 12.8 Å². The van der Waals surface area contributed by atoms with Crippen LogP contribution in [0, 0.1) is 5.82 Å². The number of rotatable bonds is 6. The van der Waals surface area contributed by atoms with Crippen molar-refractivity contribution in [2.45, 2.75) is 32.2 Å². The Morgan fingerprint density at radius 1 is 0.917 bits per heavy atom. The van der Waals surface area contributed by atoms with Crippen LogP contribution < -0.4 is 19.8 Å². The molecule has 0 atom stereocenters. The number of ketones is 1. The highest BCUT2D eigenvalue weighted by molar-refractivity contribution is 6.32. The van der Waals surface area contributed by atoms with Crippen molar-refractivity contribution in [1.82, 2.24) is 19.3 Å². The van der Waals surface area contributed by atoms with E-state index in [4.69, 9.17) is 35.3 Å². The summed E-state index contributed by atoms with van der Waals surface area (Å²) in [5.41, 5.74) is 1.47. The van der Waals surface area contributed by atoms with Gasteiger partial charge >= 0.3 is 0 Å². The monoisotopic (exact) mass is 674 g/mol. The predicted molar refractivity (Wildman–Crippen MR) is 175 cm³/mol. The van der Waals surface area contributed by atoms with Gasteiger partial charge in [-0.25, -0.2) is 19.0 Å². The molecule has 48 heavy (non-hydrogen) atoms. The zero-order valence-corrected chi connectivity index (χ0v) is 26.7. The lowest BCUT2D eigenvalue weighted by atomic mass is 9.99. The zero-order chi connectivity index (χ0) is 33.0. The van der Waals surface area contributed by atoms with E-state index < -0.39 is 11.4 Å². The van der Waals surface area contributed by atoms with Crippen LogP contribution in [0.5, 0.6) is 23.1 Å². The van der Waals surface area contributed by atoms with Crippen LogP contribution in [-0.4, -0.2) is 64.8 Å². The van der Waals surface area contributed by atoms with Crippen molar-refractivity contribution < 1.29 is 32.9 Å². The smallest absolute Gasteiger partial charge is 0.282 e. The quantitative estimate of drug-likeness (QED) is 0.208. The Kier molecular flexibility index (Phi) is 9.37. The molecule has 13 heteroatoms. The largest absolute Gasteiger partial charge is 0.487 e. The molecule has 2 aromatic heterocycles. The molecule has 0 saturated heterocycles. The molecule has 3 aromatic carbocycles.